The molecule has 0 fully saturated rings. The summed E-state index contributed by atoms with van der Waals surface area (Å²) in [4.78, 5) is 0. The Morgan fingerprint density at radius 1 is 0.947 bits per heavy atom. The Balaban J connectivity index is 2.06. The molecule has 0 radical (unpaired) electrons. The largest absolute Gasteiger partial charge is 0.388 e. The molecule has 0 amide bonds. The molecule has 0 saturated carbocycles. The number of hydrogen-bond acceptors (Lipinski definition) is 1. The highest BCUT2D eigenvalue weighted by Crippen LogP contribution is 2.28. The maximum atomic E-state index is 10.4. The van der Waals surface area contributed by atoms with Gasteiger partial charge in [-0.15, -0.1) is 0 Å². The monoisotopic (exact) mass is 254 g/mol. The van der Waals surface area contributed by atoms with Crippen molar-refractivity contribution in [2.45, 2.75) is 38.7 Å². The van der Waals surface area contributed by atoms with Crippen LogP contribution >= 0.6 is 0 Å². The van der Waals surface area contributed by atoms with Gasteiger partial charge in [-0.05, 0) is 35.4 Å². The topological polar surface area (TPSA) is 20.2 Å². The lowest BCUT2D eigenvalue weighted by molar-refractivity contribution is 0.159. The molecule has 2 unspecified atom stereocenters. The fraction of sp³-hybridized carbons (Fsp3) is 0.333. The van der Waals surface area contributed by atoms with Crippen molar-refractivity contribution in [3.63, 3.8) is 0 Å². The summed E-state index contributed by atoms with van der Waals surface area (Å²) in [6, 6.07) is 18.6. The van der Waals surface area contributed by atoms with Crippen molar-refractivity contribution in [1.82, 2.24) is 0 Å². The number of aliphatic hydroxyl groups is 1. The van der Waals surface area contributed by atoms with Gasteiger partial charge in [0.1, 0.15) is 0 Å². The maximum absolute atomic E-state index is 10.4. The third kappa shape index (κ3) is 3.68. The first-order chi connectivity index (χ1) is 9.20. The Kier molecular flexibility index (Phi) is 4.75. The third-order valence-corrected chi connectivity index (χ3v) is 3.69. The first-order valence-electron chi connectivity index (χ1n) is 7.02. The number of rotatable bonds is 5. The molecule has 2 aromatic rings. The van der Waals surface area contributed by atoms with Gasteiger partial charge in [-0.2, -0.15) is 0 Å². The van der Waals surface area contributed by atoms with Crippen molar-refractivity contribution in [1.29, 1.82) is 0 Å². The van der Waals surface area contributed by atoms with Crippen LogP contribution in [0.5, 0.6) is 0 Å². The zero-order valence-electron chi connectivity index (χ0n) is 11.7. The zero-order chi connectivity index (χ0) is 13.7. The molecule has 0 spiro atoms. The Labute approximate surface area is 115 Å². The minimum absolute atomic E-state index is 0.362. The lowest BCUT2D eigenvalue weighted by Crippen LogP contribution is -2.04. The minimum Gasteiger partial charge on any atom is -0.388 e. The molecule has 0 heterocycles. The van der Waals surface area contributed by atoms with Crippen LogP contribution in [0.3, 0.4) is 0 Å². The molecule has 1 nitrogen and oxygen atoms in total. The summed E-state index contributed by atoms with van der Waals surface area (Å²) in [5, 5.41) is 10.4. The van der Waals surface area contributed by atoms with E-state index in [2.05, 4.69) is 50.2 Å². The van der Waals surface area contributed by atoms with Crippen molar-refractivity contribution in [3.05, 3.63) is 71.3 Å². The van der Waals surface area contributed by atoms with E-state index >= 15 is 0 Å². The molecule has 2 aromatic carbocycles. The Hall–Kier alpha value is -1.60. The molecular formula is C18H22O. The number of aliphatic hydroxyl groups excluding tert-OH is 1. The van der Waals surface area contributed by atoms with Crippen LogP contribution in [0, 0.1) is 0 Å². The van der Waals surface area contributed by atoms with Crippen LogP contribution in [0.25, 0.3) is 0 Å². The summed E-state index contributed by atoms with van der Waals surface area (Å²) in [6.07, 6.45) is 1.38. The highest BCUT2D eigenvalue weighted by atomic mass is 16.3. The summed E-state index contributed by atoms with van der Waals surface area (Å²) in [5.74, 6) is 0.362. The van der Waals surface area contributed by atoms with Gasteiger partial charge in [0, 0.05) is 0 Å². The molecule has 0 aliphatic carbocycles. The molecule has 2 atom stereocenters. The highest BCUT2D eigenvalue weighted by molar-refractivity contribution is 5.26. The number of aryl methyl sites for hydroxylation is 1. The van der Waals surface area contributed by atoms with E-state index in [1.807, 2.05) is 18.2 Å². The summed E-state index contributed by atoms with van der Waals surface area (Å²) in [6.45, 7) is 4.31. The molecule has 100 valence electrons. The number of benzene rings is 2. The van der Waals surface area contributed by atoms with E-state index in [1.54, 1.807) is 0 Å². The highest BCUT2D eigenvalue weighted by Gasteiger charge is 2.14. The molecule has 19 heavy (non-hydrogen) atoms. The van der Waals surface area contributed by atoms with Crippen LogP contribution in [0.15, 0.2) is 54.6 Å². The first kappa shape index (κ1) is 13.8. The van der Waals surface area contributed by atoms with E-state index in [1.165, 1.54) is 11.1 Å². The molecule has 0 aliphatic rings. The second kappa shape index (κ2) is 6.53. The second-order valence-electron chi connectivity index (χ2n) is 5.16. The van der Waals surface area contributed by atoms with Crippen LogP contribution in [0.4, 0.5) is 0 Å². The van der Waals surface area contributed by atoms with Gasteiger partial charge in [-0.3, -0.25) is 0 Å². The number of hydrogen-bond donors (Lipinski definition) is 1. The lowest BCUT2D eigenvalue weighted by Gasteiger charge is -2.17. The summed E-state index contributed by atoms with van der Waals surface area (Å²) < 4.78 is 0. The molecule has 0 aromatic heterocycles. The molecule has 0 bridgehead atoms. The normalized spacial score (nSPS) is 14.1. The van der Waals surface area contributed by atoms with Crippen molar-refractivity contribution in [2.75, 3.05) is 0 Å². The lowest BCUT2D eigenvalue weighted by atomic mass is 9.91. The Morgan fingerprint density at radius 3 is 2.32 bits per heavy atom. The predicted octanol–water partition coefficient (Wildman–Crippen LogP) is 4.48. The van der Waals surface area contributed by atoms with Crippen LogP contribution in [0.1, 0.15) is 49.0 Å². The van der Waals surface area contributed by atoms with E-state index in [-0.39, 0.29) is 6.10 Å². The summed E-state index contributed by atoms with van der Waals surface area (Å²) >= 11 is 0. The quantitative estimate of drug-likeness (QED) is 0.834. The smallest absolute Gasteiger partial charge is 0.0795 e. The average Bonchev–Trinajstić information content (AvgIpc) is 2.48. The van der Waals surface area contributed by atoms with E-state index < -0.39 is 0 Å². The zero-order valence-corrected chi connectivity index (χ0v) is 11.7. The van der Waals surface area contributed by atoms with Crippen molar-refractivity contribution >= 4 is 0 Å². The van der Waals surface area contributed by atoms with E-state index in [9.17, 15) is 5.11 Å². The van der Waals surface area contributed by atoms with Crippen molar-refractivity contribution in [3.8, 4) is 0 Å². The van der Waals surface area contributed by atoms with Gasteiger partial charge >= 0.3 is 0 Å². The molecule has 1 N–H and O–H groups in total. The van der Waals surface area contributed by atoms with Gasteiger partial charge in [0.05, 0.1) is 6.10 Å². The molecule has 0 saturated heterocycles. The van der Waals surface area contributed by atoms with Gasteiger partial charge in [-0.25, -0.2) is 0 Å². The van der Waals surface area contributed by atoms with Gasteiger partial charge in [0.2, 0.25) is 0 Å². The van der Waals surface area contributed by atoms with Gasteiger partial charge in [0.15, 0.2) is 0 Å². The molecule has 0 aliphatic heterocycles. The minimum atomic E-state index is -0.387. The average molecular weight is 254 g/mol. The van der Waals surface area contributed by atoms with E-state index in [0.29, 0.717) is 5.92 Å². The molecule has 1 heteroatoms. The van der Waals surface area contributed by atoms with Crippen LogP contribution in [-0.4, -0.2) is 5.11 Å². The van der Waals surface area contributed by atoms with Crippen molar-refractivity contribution < 1.29 is 5.11 Å². The summed E-state index contributed by atoms with van der Waals surface area (Å²) in [5.41, 5.74) is 3.60. The van der Waals surface area contributed by atoms with Crippen LogP contribution in [0.2, 0.25) is 0 Å². The van der Waals surface area contributed by atoms with E-state index in [4.69, 9.17) is 0 Å². The Bertz CT molecular complexity index is 504. The maximum Gasteiger partial charge on any atom is 0.0795 e. The first-order valence-corrected chi connectivity index (χ1v) is 7.02. The second-order valence-corrected chi connectivity index (χ2v) is 5.16. The van der Waals surface area contributed by atoms with Crippen LogP contribution in [-0.2, 0) is 6.42 Å². The molecular weight excluding hydrogens is 232 g/mol. The third-order valence-electron chi connectivity index (χ3n) is 3.69. The Morgan fingerprint density at radius 2 is 1.63 bits per heavy atom. The molecule has 2 rings (SSSR count). The van der Waals surface area contributed by atoms with Crippen molar-refractivity contribution in [2.24, 2.45) is 0 Å². The summed E-state index contributed by atoms with van der Waals surface area (Å²) in [7, 11) is 0. The fourth-order valence-electron chi connectivity index (χ4n) is 2.41. The predicted molar refractivity (Wildman–Crippen MR) is 80.3 cm³/mol. The van der Waals surface area contributed by atoms with Gasteiger partial charge in [0.25, 0.3) is 0 Å². The fourth-order valence-corrected chi connectivity index (χ4v) is 2.41. The SMILES string of the molecule is CCc1cccc(C(O)CC(C)c2ccccc2)c1. The standard InChI is InChI=1S/C18H22O/c1-3-15-8-7-11-17(13-15)18(19)12-14(2)16-9-5-4-6-10-16/h4-11,13-14,18-19H,3,12H2,1-2H3. The van der Waals surface area contributed by atoms with Crippen LogP contribution < -0.4 is 0 Å². The van der Waals surface area contributed by atoms with Gasteiger partial charge < -0.3 is 5.11 Å². The van der Waals surface area contributed by atoms with Gasteiger partial charge in [-0.1, -0.05) is 68.4 Å². The van der Waals surface area contributed by atoms with E-state index in [0.717, 1.165) is 18.4 Å².